The van der Waals surface area contributed by atoms with Crippen molar-refractivity contribution >= 4 is 24.6 Å². The minimum atomic E-state index is -4.01. The van der Waals surface area contributed by atoms with Crippen LogP contribution in [0, 0.1) is 0 Å². The van der Waals surface area contributed by atoms with E-state index in [-0.39, 0.29) is 25.6 Å². The molecule has 3 rings (SSSR count). The minimum Gasteiger partial charge on any atom is -0.388 e. The molecule has 0 radical (unpaired) electrons. The van der Waals surface area contributed by atoms with Crippen molar-refractivity contribution in [3.63, 3.8) is 0 Å². The normalized spacial score (nSPS) is 14.6. The molecule has 0 aliphatic rings. The molecule has 2 atom stereocenters. The summed E-state index contributed by atoms with van der Waals surface area (Å²) in [7, 11) is -4.01. The van der Waals surface area contributed by atoms with E-state index in [0.29, 0.717) is 24.3 Å². The van der Waals surface area contributed by atoms with Crippen molar-refractivity contribution in [3.05, 3.63) is 48.5 Å². The first-order chi connectivity index (χ1) is 14.4. The Bertz CT molecular complexity index is 986. The molecule has 12 heteroatoms. The fourth-order valence-corrected chi connectivity index (χ4v) is 3.42. The predicted octanol–water partition coefficient (Wildman–Crippen LogP) is 1.16. The van der Waals surface area contributed by atoms with Crippen LogP contribution < -0.4 is 5.73 Å². The number of nitrogens with two attached hydrogens (primary N) is 1. The van der Waals surface area contributed by atoms with E-state index in [4.69, 9.17) is 19.7 Å². The molecule has 0 spiro atoms. The Hall–Kier alpha value is -2.40. The van der Waals surface area contributed by atoms with E-state index < -0.39 is 20.0 Å². The number of fused-ring (bicyclic) bond motifs is 1. The Morgan fingerprint density at radius 1 is 1.13 bits per heavy atom. The quantitative estimate of drug-likeness (QED) is 0.278. The van der Waals surface area contributed by atoms with Gasteiger partial charge in [-0.25, -0.2) is 15.0 Å². The molecule has 0 saturated carbocycles. The van der Waals surface area contributed by atoms with Gasteiger partial charge in [0.15, 0.2) is 11.5 Å². The van der Waals surface area contributed by atoms with Crippen molar-refractivity contribution in [2.75, 3.05) is 31.9 Å². The van der Waals surface area contributed by atoms with Crippen LogP contribution >= 0.6 is 7.60 Å². The van der Waals surface area contributed by atoms with Gasteiger partial charge in [0.1, 0.15) is 24.3 Å². The van der Waals surface area contributed by atoms with Crippen LogP contribution in [0.5, 0.6) is 0 Å². The molecule has 0 amide bonds. The number of aliphatic hydroxyl groups is 1. The van der Waals surface area contributed by atoms with Gasteiger partial charge in [0.05, 0.1) is 32.8 Å². The van der Waals surface area contributed by atoms with Gasteiger partial charge in [-0.05, 0) is 5.56 Å². The largest absolute Gasteiger partial charge is 0.388 e. The Morgan fingerprint density at radius 3 is 2.73 bits per heavy atom. The summed E-state index contributed by atoms with van der Waals surface area (Å²) < 4.78 is 29.3. The second kappa shape index (κ2) is 10.6. The molecule has 3 aromatic rings. The summed E-state index contributed by atoms with van der Waals surface area (Å²) in [5, 5.41) is 9.85. The van der Waals surface area contributed by atoms with E-state index in [1.54, 1.807) is 10.9 Å². The molecule has 1 aromatic carbocycles. The van der Waals surface area contributed by atoms with Gasteiger partial charge in [-0.2, -0.15) is 0 Å². The third-order valence-corrected chi connectivity index (χ3v) is 5.11. The summed E-state index contributed by atoms with van der Waals surface area (Å²) in [6, 6.07) is 9.47. The number of hydrogen-bond acceptors (Lipinski definition) is 9. The van der Waals surface area contributed by atoms with Crippen LogP contribution in [-0.2, 0) is 31.7 Å². The zero-order valence-corrected chi connectivity index (χ0v) is 17.1. The predicted molar refractivity (Wildman–Crippen MR) is 108 cm³/mol. The topological polar surface area (TPSA) is 155 Å². The van der Waals surface area contributed by atoms with Crippen molar-refractivity contribution in [1.82, 2.24) is 19.5 Å². The fraction of sp³-hybridized carbons (Fsp3) is 0.389. The number of imidazole rings is 1. The fourth-order valence-electron chi connectivity index (χ4n) is 2.58. The molecule has 2 aromatic heterocycles. The highest BCUT2D eigenvalue weighted by molar-refractivity contribution is 7.52. The lowest BCUT2D eigenvalue weighted by molar-refractivity contribution is 0.00176. The van der Waals surface area contributed by atoms with Crippen LogP contribution in [0.2, 0.25) is 0 Å². The summed E-state index contributed by atoms with van der Waals surface area (Å²) in [5.41, 5.74) is 7.72. The van der Waals surface area contributed by atoms with Crippen LogP contribution in [-0.4, -0.2) is 61.8 Å². The third kappa shape index (κ3) is 6.56. The number of ether oxygens (including phenoxy) is 2. The number of aliphatic hydroxyl groups excluding tert-OH is 1. The number of aromatic nitrogens is 4. The summed E-state index contributed by atoms with van der Waals surface area (Å²) in [6.45, 7) is 0.453. The van der Waals surface area contributed by atoms with Crippen molar-refractivity contribution in [2.24, 2.45) is 0 Å². The molecular weight excluding hydrogens is 413 g/mol. The van der Waals surface area contributed by atoms with Crippen LogP contribution in [0.15, 0.2) is 43.0 Å². The maximum Gasteiger partial charge on any atom is 0.353 e. The van der Waals surface area contributed by atoms with Crippen LogP contribution in [0.25, 0.3) is 11.2 Å². The maximum absolute atomic E-state index is 12.0. The molecular formula is C18H24N5O6P. The van der Waals surface area contributed by atoms with Crippen LogP contribution in [0.1, 0.15) is 5.56 Å². The van der Waals surface area contributed by atoms with E-state index in [2.05, 4.69) is 15.0 Å². The second-order valence-electron chi connectivity index (χ2n) is 6.49. The Kier molecular flexibility index (Phi) is 7.86. The first-order valence-corrected chi connectivity index (χ1v) is 11.0. The molecule has 0 aliphatic carbocycles. The molecule has 0 fully saturated rings. The monoisotopic (exact) mass is 437 g/mol. The lowest BCUT2D eigenvalue weighted by Crippen LogP contribution is -2.21. The van der Waals surface area contributed by atoms with E-state index >= 15 is 0 Å². The van der Waals surface area contributed by atoms with Crippen molar-refractivity contribution in [1.29, 1.82) is 0 Å². The number of hydrogen-bond donors (Lipinski definition) is 3. The molecule has 2 unspecified atom stereocenters. The zero-order valence-electron chi connectivity index (χ0n) is 16.2. The van der Waals surface area contributed by atoms with E-state index in [1.807, 2.05) is 30.3 Å². The van der Waals surface area contributed by atoms with Gasteiger partial charge in [0.25, 0.3) is 0 Å². The van der Waals surface area contributed by atoms with Gasteiger partial charge in [-0.3, -0.25) is 4.57 Å². The molecule has 0 bridgehead atoms. The molecule has 30 heavy (non-hydrogen) atoms. The second-order valence-corrected chi connectivity index (χ2v) is 8.29. The highest BCUT2D eigenvalue weighted by Gasteiger charge is 2.21. The van der Waals surface area contributed by atoms with Crippen LogP contribution in [0.3, 0.4) is 0 Å². The summed E-state index contributed by atoms with van der Waals surface area (Å²) in [6.07, 6.45) is 1.34. The molecule has 162 valence electrons. The number of benzene rings is 1. The smallest absolute Gasteiger partial charge is 0.353 e. The number of rotatable bonds is 12. The Balaban J connectivity index is 1.33. The molecule has 4 N–H and O–H groups in total. The third-order valence-electron chi connectivity index (χ3n) is 4.05. The highest BCUT2D eigenvalue weighted by Crippen LogP contribution is 2.41. The van der Waals surface area contributed by atoms with Crippen molar-refractivity contribution in [2.45, 2.75) is 19.3 Å². The van der Waals surface area contributed by atoms with Crippen LogP contribution in [0.4, 0.5) is 5.82 Å². The number of nitrogens with zero attached hydrogens (tertiary/aromatic N) is 4. The average molecular weight is 437 g/mol. The van der Waals surface area contributed by atoms with Gasteiger partial charge in [0.2, 0.25) is 0 Å². The van der Waals surface area contributed by atoms with Gasteiger partial charge < -0.3 is 34.3 Å². The lowest BCUT2D eigenvalue weighted by atomic mass is 10.2. The summed E-state index contributed by atoms with van der Waals surface area (Å²) in [5.74, 6) is 0.277. The van der Waals surface area contributed by atoms with Gasteiger partial charge in [-0.1, -0.05) is 30.3 Å². The molecule has 0 aliphatic heterocycles. The number of nitrogen functional groups attached to an aromatic ring is 1. The highest BCUT2D eigenvalue weighted by atomic mass is 31.2. The first-order valence-electron chi connectivity index (χ1n) is 9.20. The van der Waals surface area contributed by atoms with E-state index in [1.165, 1.54) is 6.33 Å². The van der Waals surface area contributed by atoms with Gasteiger partial charge in [-0.15, -0.1) is 0 Å². The Morgan fingerprint density at radius 2 is 1.93 bits per heavy atom. The lowest BCUT2D eigenvalue weighted by Gasteiger charge is -2.16. The molecule has 2 heterocycles. The average Bonchev–Trinajstić information content (AvgIpc) is 3.15. The van der Waals surface area contributed by atoms with Crippen molar-refractivity contribution < 1.29 is 28.6 Å². The first kappa shape index (κ1) is 22.3. The Labute approximate surface area is 173 Å². The SMILES string of the molecule is Nc1ncnc2c1ncn2CCOCP(=O)(O)OCC(O)COCc1ccccc1. The molecule has 11 nitrogen and oxygen atoms in total. The summed E-state index contributed by atoms with van der Waals surface area (Å²) in [4.78, 5) is 21.9. The summed E-state index contributed by atoms with van der Waals surface area (Å²) >= 11 is 0. The van der Waals surface area contributed by atoms with E-state index in [9.17, 15) is 14.6 Å². The zero-order chi connectivity index (χ0) is 21.4. The molecule has 0 saturated heterocycles. The number of anilines is 1. The standard InChI is InChI=1S/C18H24N5O6P/c19-17-16-18(21-11-20-17)23(12-22-16)6-7-27-13-30(25,26)29-10-15(24)9-28-8-14-4-2-1-3-5-14/h1-5,11-12,15,24H,6-10,13H2,(H,25,26)(H2,19,20,21). The van der Waals surface area contributed by atoms with Gasteiger partial charge in [0, 0.05) is 6.54 Å². The maximum atomic E-state index is 12.0. The van der Waals surface area contributed by atoms with E-state index in [0.717, 1.165) is 5.56 Å². The van der Waals surface area contributed by atoms with Crippen molar-refractivity contribution in [3.8, 4) is 0 Å². The minimum absolute atomic E-state index is 0.0194. The van der Waals surface area contributed by atoms with Gasteiger partial charge >= 0.3 is 7.60 Å².